The normalized spacial score (nSPS) is 10.0. The summed E-state index contributed by atoms with van der Waals surface area (Å²) in [5, 5.41) is 9.58. The number of benzene rings is 1. The Morgan fingerprint density at radius 3 is 2.80 bits per heavy atom. The van der Waals surface area contributed by atoms with Crippen LogP contribution in [0.1, 0.15) is 22.8 Å². The molecule has 0 heterocycles. The summed E-state index contributed by atoms with van der Waals surface area (Å²) in [4.78, 5) is 10.5. The van der Waals surface area contributed by atoms with Crippen LogP contribution in [0.2, 0.25) is 0 Å². The third-order valence-electron chi connectivity index (χ3n) is 2.04. The van der Waals surface area contributed by atoms with Gasteiger partial charge in [0.1, 0.15) is 11.5 Å². The molecule has 15 heavy (non-hydrogen) atoms. The summed E-state index contributed by atoms with van der Waals surface area (Å²) in [7, 11) is 0. The molecule has 4 nitrogen and oxygen atoms in total. The smallest absolute Gasteiger partial charge is 0.189 e. The molecule has 0 aliphatic carbocycles. The number of phenols is 1. The van der Waals surface area contributed by atoms with Crippen LogP contribution >= 0.6 is 0 Å². The number of hydrogen-bond donors (Lipinski definition) is 1. The molecular formula is C11H14O4. The zero-order valence-electron chi connectivity index (χ0n) is 8.82. The fraction of sp³-hybridized carbons (Fsp3) is 0.364. The largest absolute Gasteiger partial charge is 0.507 e. The standard InChI is InChI=1S/C11H14O4/c1-3-14-7-15-10-5-4-9(6-12)11(13)8(10)2/h4-6,13H,3,7H2,1-2H3. The van der Waals surface area contributed by atoms with Gasteiger partial charge < -0.3 is 14.6 Å². The van der Waals surface area contributed by atoms with Crippen molar-refractivity contribution in [2.45, 2.75) is 13.8 Å². The van der Waals surface area contributed by atoms with Crippen molar-refractivity contribution in [3.8, 4) is 11.5 Å². The minimum atomic E-state index is -0.0426. The Balaban J connectivity index is 2.82. The second-order valence-corrected chi connectivity index (χ2v) is 3.00. The Labute approximate surface area is 88.4 Å². The van der Waals surface area contributed by atoms with E-state index in [0.29, 0.717) is 24.2 Å². The molecule has 0 aliphatic rings. The fourth-order valence-corrected chi connectivity index (χ4v) is 1.14. The van der Waals surface area contributed by atoms with E-state index in [0.717, 1.165) is 0 Å². The molecule has 0 aliphatic heterocycles. The van der Waals surface area contributed by atoms with Gasteiger partial charge in [0.15, 0.2) is 13.1 Å². The highest BCUT2D eigenvalue weighted by molar-refractivity contribution is 5.80. The van der Waals surface area contributed by atoms with Crippen molar-refractivity contribution in [2.75, 3.05) is 13.4 Å². The molecule has 0 saturated heterocycles. The third kappa shape index (κ3) is 2.70. The molecule has 1 rings (SSSR count). The fourth-order valence-electron chi connectivity index (χ4n) is 1.14. The van der Waals surface area contributed by atoms with Crippen LogP contribution in [-0.4, -0.2) is 24.8 Å². The minimum Gasteiger partial charge on any atom is -0.507 e. The predicted octanol–water partition coefficient (Wildman–Crippen LogP) is 1.89. The highest BCUT2D eigenvalue weighted by atomic mass is 16.7. The van der Waals surface area contributed by atoms with Gasteiger partial charge in [0.2, 0.25) is 0 Å². The van der Waals surface area contributed by atoms with Gasteiger partial charge >= 0.3 is 0 Å². The van der Waals surface area contributed by atoms with Crippen LogP contribution < -0.4 is 4.74 Å². The lowest BCUT2D eigenvalue weighted by Crippen LogP contribution is -2.03. The molecule has 0 unspecified atom stereocenters. The molecule has 0 radical (unpaired) electrons. The third-order valence-corrected chi connectivity index (χ3v) is 2.04. The Hall–Kier alpha value is -1.55. The Bertz CT molecular complexity index is 347. The monoisotopic (exact) mass is 210 g/mol. The molecule has 0 fully saturated rings. The van der Waals surface area contributed by atoms with Gasteiger partial charge in [-0.25, -0.2) is 0 Å². The molecule has 1 N–H and O–H groups in total. The van der Waals surface area contributed by atoms with E-state index < -0.39 is 0 Å². The number of ether oxygens (including phenoxy) is 2. The van der Waals surface area contributed by atoms with Crippen LogP contribution in [0.5, 0.6) is 11.5 Å². The maximum absolute atomic E-state index is 10.5. The van der Waals surface area contributed by atoms with E-state index in [1.54, 1.807) is 13.0 Å². The van der Waals surface area contributed by atoms with E-state index in [-0.39, 0.29) is 18.1 Å². The Morgan fingerprint density at radius 1 is 1.47 bits per heavy atom. The Kier molecular flexibility index (Phi) is 4.12. The molecule has 0 amide bonds. The number of phenolic OH excluding ortho intramolecular Hbond substituents is 1. The molecule has 4 heteroatoms. The maximum atomic E-state index is 10.5. The summed E-state index contributed by atoms with van der Waals surface area (Å²) in [5.74, 6) is 0.477. The van der Waals surface area contributed by atoms with Gasteiger partial charge in [-0.1, -0.05) is 0 Å². The van der Waals surface area contributed by atoms with Gasteiger partial charge in [0, 0.05) is 12.2 Å². The molecule has 1 aromatic rings. The average Bonchev–Trinajstić information content (AvgIpc) is 2.25. The summed E-state index contributed by atoms with van der Waals surface area (Å²) < 4.78 is 10.3. The summed E-state index contributed by atoms with van der Waals surface area (Å²) in [6.07, 6.45) is 0.606. The number of hydrogen-bond acceptors (Lipinski definition) is 4. The average molecular weight is 210 g/mol. The van der Waals surface area contributed by atoms with Crippen molar-refractivity contribution in [2.24, 2.45) is 0 Å². The molecule has 0 spiro atoms. The summed E-state index contributed by atoms with van der Waals surface area (Å²) in [5.41, 5.74) is 0.801. The highest BCUT2D eigenvalue weighted by Gasteiger charge is 2.08. The molecule has 1 aromatic carbocycles. The number of aldehydes is 1. The first-order valence-electron chi connectivity index (χ1n) is 4.69. The van der Waals surface area contributed by atoms with E-state index in [1.165, 1.54) is 6.07 Å². The van der Waals surface area contributed by atoms with Crippen LogP contribution in [0.15, 0.2) is 12.1 Å². The number of rotatable bonds is 5. The maximum Gasteiger partial charge on any atom is 0.189 e. The summed E-state index contributed by atoms with van der Waals surface area (Å²) >= 11 is 0. The van der Waals surface area contributed by atoms with E-state index in [9.17, 15) is 9.90 Å². The second-order valence-electron chi connectivity index (χ2n) is 3.00. The molecular weight excluding hydrogens is 196 g/mol. The molecule has 0 bridgehead atoms. The second kappa shape index (κ2) is 5.36. The predicted molar refractivity (Wildman–Crippen MR) is 55.4 cm³/mol. The zero-order chi connectivity index (χ0) is 11.3. The first-order valence-corrected chi connectivity index (χ1v) is 4.69. The lowest BCUT2D eigenvalue weighted by molar-refractivity contribution is 0.0219. The van der Waals surface area contributed by atoms with E-state index in [1.807, 2.05) is 6.92 Å². The van der Waals surface area contributed by atoms with Gasteiger partial charge in [-0.2, -0.15) is 0 Å². The summed E-state index contributed by atoms with van der Waals surface area (Å²) in [6.45, 7) is 4.25. The topological polar surface area (TPSA) is 55.8 Å². The quantitative estimate of drug-likeness (QED) is 0.458. The van der Waals surface area contributed by atoms with E-state index in [2.05, 4.69) is 0 Å². The van der Waals surface area contributed by atoms with Crippen LogP contribution in [0.3, 0.4) is 0 Å². The van der Waals surface area contributed by atoms with Crippen molar-refractivity contribution < 1.29 is 19.4 Å². The summed E-state index contributed by atoms with van der Waals surface area (Å²) in [6, 6.07) is 3.15. The highest BCUT2D eigenvalue weighted by Crippen LogP contribution is 2.29. The van der Waals surface area contributed by atoms with Crippen LogP contribution in [0, 0.1) is 6.92 Å². The van der Waals surface area contributed by atoms with Crippen LogP contribution in [0.25, 0.3) is 0 Å². The van der Waals surface area contributed by atoms with Crippen molar-refractivity contribution in [3.63, 3.8) is 0 Å². The van der Waals surface area contributed by atoms with Gasteiger partial charge in [0.25, 0.3) is 0 Å². The molecule has 0 atom stereocenters. The van der Waals surface area contributed by atoms with Crippen molar-refractivity contribution in [1.29, 1.82) is 0 Å². The van der Waals surface area contributed by atoms with Gasteiger partial charge in [-0.3, -0.25) is 4.79 Å². The zero-order valence-corrected chi connectivity index (χ0v) is 8.82. The molecule has 82 valence electrons. The van der Waals surface area contributed by atoms with Crippen LogP contribution in [0.4, 0.5) is 0 Å². The number of carbonyl (C=O) groups is 1. The van der Waals surface area contributed by atoms with E-state index >= 15 is 0 Å². The number of aromatic hydroxyl groups is 1. The van der Waals surface area contributed by atoms with Crippen molar-refractivity contribution in [1.82, 2.24) is 0 Å². The lowest BCUT2D eigenvalue weighted by atomic mass is 10.1. The first-order chi connectivity index (χ1) is 7.20. The molecule has 0 aromatic heterocycles. The first kappa shape index (κ1) is 11.5. The van der Waals surface area contributed by atoms with Gasteiger partial charge in [-0.15, -0.1) is 0 Å². The van der Waals surface area contributed by atoms with Crippen LogP contribution in [-0.2, 0) is 4.74 Å². The SMILES string of the molecule is CCOCOc1ccc(C=O)c(O)c1C. The van der Waals surface area contributed by atoms with Gasteiger partial charge in [-0.05, 0) is 26.0 Å². The lowest BCUT2D eigenvalue weighted by Gasteiger charge is -2.10. The Morgan fingerprint density at radius 2 is 2.20 bits per heavy atom. The van der Waals surface area contributed by atoms with Crippen molar-refractivity contribution in [3.05, 3.63) is 23.3 Å². The van der Waals surface area contributed by atoms with Gasteiger partial charge in [0.05, 0.1) is 5.56 Å². The minimum absolute atomic E-state index is 0.0426. The van der Waals surface area contributed by atoms with E-state index in [4.69, 9.17) is 9.47 Å². The van der Waals surface area contributed by atoms with Crippen molar-refractivity contribution >= 4 is 6.29 Å². The number of carbonyl (C=O) groups excluding carboxylic acids is 1. The molecule has 0 saturated carbocycles.